The smallest absolute Gasteiger partial charge is 0.319 e. The highest BCUT2D eigenvalue weighted by Gasteiger charge is 2.24. The van der Waals surface area contributed by atoms with Crippen molar-refractivity contribution in [2.24, 2.45) is 0 Å². The monoisotopic (exact) mass is 413 g/mol. The summed E-state index contributed by atoms with van der Waals surface area (Å²) >= 11 is 5.97. The standard InChI is InChI=1S/C20H20ClN5O3/c1-29-17-9-14(5-6-16(17)26-8-2-3-19(26)27)24-20(28)22-10-15-12-25-11-13(21)4-7-18(25)23-15/h4-7,9,11-12H,2-3,8,10H2,1H3,(H2,22,24,28). The molecule has 0 atom stereocenters. The maximum atomic E-state index is 12.3. The van der Waals surface area contributed by atoms with Crippen molar-refractivity contribution in [2.75, 3.05) is 23.9 Å². The molecule has 2 N–H and O–H groups in total. The Morgan fingerprint density at radius 1 is 1.28 bits per heavy atom. The molecule has 0 spiro atoms. The summed E-state index contributed by atoms with van der Waals surface area (Å²) in [5.41, 5.74) is 2.74. The highest BCUT2D eigenvalue weighted by atomic mass is 35.5. The van der Waals surface area contributed by atoms with E-state index in [1.165, 1.54) is 0 Å². The Balaban J connectivity index is 1.40. The minimum Gasteiger partial charge on any atom is -0.494 e. The molecule has 1 fully saturated rings. The summed E-state index contributed by atoms with van der Waals surface area (Å²) in [7, 11) is 1.54. The van der Waals surface area contributed by atoms with E-state index in [-0.39, 0.29) is 18.5 Å². The van der Waals surface area contributed by atoms with Crippen LogP contribution in [0.3, 0.4) is 0 Å². The summed E-state index contributed by atoms with van der Waals surface area (Å²) in [4.78, 5) is 30.4. The molecule has 1 aromatic carbocycles. The number of hydrogen-bond donors (Lipinski definition) is 2. The van der Waals surface area contributed by atoms with Gasteiger partial charge in [-0.25, -0.2) is 9.78 Å². The molecule has 8 nitrogen and oxygen atoms in total. The van der Waals surface area contributed by atoms with Crippen LogP contribution in [0, 0.1) is 0 Å². The van der Waals surface area contributed by atoms with Crippen molar-refractivity contribution < 1.29 is 14.3 Å². The lowest BCUT2D eigenvalue weighted by atomic mass is 10.2. The second-order valence-electron chi connectivity index (χ2n) is 6.69. The third-order valence-corrected chi connectivity index (χ3v) is 4.92. The first-order chi connectivity index (χ1) is 14.0. The highest BCUT2D eigenvalue weighted by molar-refractivity contribution is 6.30. The quantitative estimate of drug-likeness (QED) is 0.670. The van der Waals surface area contributed by atoms with E-state index in [9.17, 15) is 9.59 Å². The van der Waals surface area contributed by atoms with Gasteiger partial charge in [0.25, 0.3) is 0 Å². The molecule has 3 amide bonds. The van der Waals surface area contributed by atoms with Gasteiger partial charge in [0.1, 0.15) is 11.4 Å². The number of anilines is 2. The molecule has 0 saturated carbocycles. The van der Waals surface area contributed by atoms with Gasteiger partial charge in [-0.05, 0) is 30.7 Å². The van der Waals surface area contributed by atoms with Crippen LogP contribution in [0.4, 0.5) is 16.2 Å². The molecule has 2 aromatic heterocycles. The first-order valence-electron chi connectivity index (χ1n) is 9.20. The number of amides is 3. The predicted octanol–water partition coefficient (Wildman–Crippen LogP) is 3.44. The number of hydrogen-bond acceptors (Lipinski definition) is 4. The summed E-state index contributed by atoms with van der Waals surface area (Å²) in [5.74, 6) is 0.616. The van der Waals surface area contributed by atoms with Crippen LogP contribution in [0.2, 0.25) is 5.02 Å². The number of rotatable bonds is 5. The number of ether oxygens (including phenoxy) is 1. The maximum absolute atomic E-state index is 12.3. The number of benzene rings is 1. The second-order valence-corrected chi connectivity index (χ2v) is 7.12. The number of halogens is 1. The molecule has 9 heteroatoms. The SMILES string of the molecule is COc1cc(NC(=O)NCc2cn3cc(Cl)ccc3n2)ccc1N1CCCC1=O. The average molecular weight is 414 g/mol. The maximum Gasteiger partial charge on any atom is 0.319 e. The van der Waals surface area contributed by atoms with Crippen LogP contribution in [0.1, 0.15) is 18.5 Å². The van der Waals surface area contributed by atoms with Gasteiger partial charge in [-0.3, -0.25) is 4.79 Å². The molecule has 3 heterocycles. The van der Waals surface area contributed by atoms with E-state index in [0.29, 0.717) is 40.8 Å². The first-order valence-corrected chi connectivity index (χ1v) is 9.57. The fourth-order valence-corrected chi connectivity index (χ4v) is 3.50. The molecule has 1 aliphatic rings. The molecule has 150 valence electrons. The summed E-state index contributed by atoms with van der Waals surface area (Å²) in [6.07, 6.45) is 4.94. The largest absolute Gasteiger partial charge is 0.494 e. The Morgan fingerprint density at radius 2 is 2.14 bits per heavy atom. The van der Waals surface area contributed by atoms with Gasteiger partial charge in [0.05, 0.1) is 30.1 Å². The zero-order valence-electron chi connectivity index (χ0n) is 15.8. The van der Waals surface area contributed by atoms with Crippen LogP contribution >= 0.6 is 11.6 Å². The molecule has 0 aliphatic carbocycles. The molecular weight excluding hydrogens is 394 g/mol. The molecule has 3 aromatic rings. The van der Waals surface area contributed by atoms with Crippen LogP contribution < -0.4 is 20.3 Å². The number of methoxy groups -OCH3 is 1. The third kappa shape index (κ3) is 4.12. The fourth-order valence-electron chi connectivity index (χ4n) is 3.33. The number of urea groups is 1. The van der Waals surface area contributed by atoms with Crippen molar-refractivity contribution in [1.82, 2.24) is 14.7 Å². The predicted molar refractivity (Wildman–Crippen MR) is 111 cm³/mol. The van der Waals surface area contributed by atoms with Crippen molar-refractivity contribution in [1.29, 1.82) is 0 Å². The lowest BCUT2D eigenvalue weighted by Gasteiger charge is -2.19. The Labute approximate surface area is 172 Å². The highest BCUT2D eigenvalue weighted by Crippen LogP contribution is 2.33. The lowest BCUT2D eigenvalue weighted by Crippen LogP contribution is -2.28. The van der Waals surface area contributed by atoms with Crippen LogP contribution in [0.5, 0.6) is 5.75 Å². The van der Waals surface area contributed by atoms with Gasteiger partial charge in [0.2, 0.25) is 5.91 Å². The van der Waals surface area contributed by atoms with Crippen LogP contribution in [0.15, 0.2) is 42.7 Å². The summed E-state index contributed by atoms with van der Waals surface area (Å²) in [6, 6.07) is 8.44. The number of carbonyl (C=O) groups is 2. The van der Waals surface area contributed by atoms with E-state index in [1.54, 1.807) is 46.9 Å². The molecule has 1 saturated heterocycles. The topological polar surface area (TPSA) is 88.0 Å². The van der Waals surface area contributed by atoms with Crippen molar-refractivity contribution in [3.05, 3.63) is 53.4 Å². The van der Waals surface area contributed by atoms with Gasteiger partial charge in [-0.2, -0.15) is 0 Å². The molecule has 0 bridgehead atoms. The number of fused-ring (bicyclic) bond motifs is 1. The number of nitrogens with zero attached hydrogens (tertiary/aromatic N) is 3. The van der Waals surface area contributed by atoms with Crippen LogP contribution in [-0.4, -0.2) is 35.0 Å². The zero-order chi connectivity index (χ0) is 20.4. The summed E-state index contributed by atoms with van der Waals surface area (Å²) in [6.45, 7) is 0.940. The van der Waals surface area contributed by atoms with E-state index in [2.05, 4.69) is 15.6 Å². The van der Waals surface area contributed by atoms with Crippen LogP contribution in [-0.2, 0) is 11.3 Å². The van der Waals surface area contributed by atoms with E-state index in [4.69, 9.17) is 16.3 Å². The van der Waals surface area contributed by atoms with E-state index in [0.717, 1.165) is 12.1 Å². The molecule has 0 radical (unpaired) electrons. The van der Waals surface area contributed by atoms with Crippen molar-refractivity contribution in [3.63, 3.8) is 0 Å². The lowest BCUT2D eigenvalue weighted by molar-refractivity contribution is -0.117. The molecule has 0 unspecified atom stereocenters. The molecule has 1 aliphatic heterocycles. The van der Waals surface area contributed by atoms with E-state index in [1.807, 2.05) is 12.3 Å². The fraction of sp³-hybridized carbons (Fsp3) is 0.250. The number of nitrogens with one attached hydrogen (secondary N) is 2. The number of aromatic nitrogens is 2. The minimum atomic E-state index is -0.368. The number of imidazole rings is 1. The van der Waals surface area contributed by atoms with Crippen molar-refractivity contribution >= 4 is 40.6 Å². The Morgan fingerprint density at radius 3 is 2.90 bits per heavy atom. The number of carbonyl (C=O) groups excluding carboxylic acids is 2. The zero-order valence-corrected chi connectivity index (χ0v) is 16.6. The van der Waals surface area contributed by atoms with Crippen LogP contribution in [0.25, 0.3) is 5.65 Å². The molecular formula is C20H20ClN5O3. The summed E-state index contributed by atoms with van der Waals surface area (Å²) < 4.78 is 7.22. The Kier molecular flexibility index (Phi) is 5.26. The van der Waals surface area contributed by atoms with Gasteiger partial charge in [0, 0.05) is 37.1 Å². The van der Waals surface area contributed by atoms with E-state index >= 15 is 0 Å². The first kappa shape index (κ1) is 19.1. The van der Waals surface area contributed by atoms with Gasteiger partial charge < -0.3 is 24.7 Å². The van der Waals surface area contributed by atoms with Gasteiger partial charge >= 0.3 is 6.03 Å². The second kappa shape index (κ2) is 8.00. The third-order valence-electron chi connectivity index (χ3n) is 4.70. The van der Waals surface area contributed by atoms with Gasteiger partial charge in [-0.15, -0.1) is 0 Å². The Bertz CT molecular complexity index is 1080. The van der Waals surface area contributed by atoms with E-state index < -0.39 is 0 Å². The van der Waals surface area contributed by atoms with Gasteiger partial charge in [0.15, 0.2) is 0 Å². The van der Waals surface area contributed by atoms with Crippen molar-refractivity contribution in [3.8, 4) is 5.75 Å². The normalized spacial score (nSPS) is 13.7. The Hall–Kier alpha value is -3.26. The molecule has 4 rings (SSSR count). The average Bonchev–Trinajstić information content (AvgIpc) is 3.31. The summed E-state index contributed by atoms with van der Waals surface area (Å²) in [5, 5.41) is 6.15. The molecule has 29 heavy (non-hydrogen) atoms. The van der Waals surface area contributed by atoms with Gasteiger partial charge in [-0.1, -0.05) is 11.6 Å². The number of pyridine rings is 1. The minimum absolute atomic E-state index is 0.0792. The van der Waals surface area contributed by atoms with Crippen molar-refractivity contribution in [2.45, 2.75) is 19.4 Å².